The van der Waals surface area contributed by atoms with Crippen molar-refractivity contribution in [1.82, 2.24) is 0 Å². The molecule has 0 amide bonds. The average Bonchev–Trinajstić information content (AvgIpc) is 2.53. The Morgan fingerprint density at radius 2 is 1.81 bits per heavy atom. The van der Waals surface area contributed by atoms with Crippen molar-refractivity contribution in [2.24, 2.45) is 0 Å². The van der Waals surface area contributed by atoms with Crippen molar-refractivity contribution in [3.05, 3.63) is 35.9 Å². The number of rotatable bonds is 6. The van der Waals surface area contributed by atoms with E-state index in [-0.39, 0.29) is 12.3 Å². The van der Waals surface area contributed by atoms with Gasteiger partial charge in [0, 0.05) is 0 Å². The molecular weight excluding hydrogens is 280 g/mol. The molecule has 7 heteroatoms. The lowest BCUT2D eigenvalue weighted by molar-refractivity contribution is -0.139. The van der Waals surface area contributed by atoms with Crippen molar-refractivity contribution in [3.63, 3.8) is 0 Å². The summed E-state index contributed by atoms with van der Waals surface area (Å²) in [5.41, 5.74) is 0.986. The number of aliphatic hydroxyl groups excluding tert-OH is 4. The molecule has 1 rings (SSSR count). The minimum Gasteiger partial charge on any atom is -0.469 e. The van der Waals surface area contributed by atoms with E-state index in [4.69, 9.17) is 20.4 Å². The molecule has 0 aliphatic carbocycles. The minimum absolute atomic E-state index is 0.0869. The molecule has 21 heavy (non-hydrogen) atoms. The molecule has 0 unspecified atom stereocenters. The summed E-state index contributed by atoms with van der Waals surface area (Å²) < 4.78 is 4.52. The number of aliphatic hydroxyl groups is 4. The molecule has 1 aromatic carbocycles. The lowest BCUT2D eigenvalue weighted by Gasteiger charge is -2.16. The Bertz CT molecular complexity index is 407. The first-order valence-electron chi connectivity index (χ1n) is 6.17. The van der Waals surface area contributed by atoms with Crippen LogP contribution in [0.1, 0.15) is 5.56 Å². The quantitative estimate of drug-likeness (QED) is 0.379. The van der Waals surface area contributed by atoms with Gasteiger partial charge in [0.1, 0.15) is 18.3 Å². The molecule has 4 N–H and O–H groups in total. The molecule has 0 bridgehead atoms. The van der Waals surface area contributed by atoms with Crippen molar-refractivity contribution in [1.29, 1.82) is 0 Å². The van der Waals surface area contributed by atoms with Gasteiger partial charge in [-0.25, -0.2) is 0 Å². The molecule has 0 saturated carbocycles. The van der Waals surface area contributed by atoms with Gasteiger partial charge in [-0.1, -0.05) is 30.3 Å². The van der Waals surface area contributed by atoms with Gasteiger partial charge >= 0.3 is 5.97 Å². The van der Waals surface area contributed by atoms with Gasteiger partial charge in [-0.05, 0) is 5.56 Å². The van der Waals surface area contributed by atoms with Crippen LogP contribution >= 0.6 is 0 Å². The number of aldehydes is 1. The van der Waals surface area contributed by atoms with E-state index < -0.39 is 24.9 Å². The van der Waals surface area contributed by atoms with Gasteiger partial charge in [0.2, 0.25) is 0 Å². The molecule has 0 heterocycles. The number of hydrogen-bond donors (Lipinski definition) is 4. The maximum atomic E-state index is 10.8. The summed E-state index contributed by atoms with van der Waals surface area (Å²) in [6.45, 7) is -0.688. The largest absolute Gasteiger partial charge is 0.469 e. The number of carbonyl (C=O) groups excluding carboxylic acids is 2. The van der Waals surface area contributed by atoms with E-state index >= 15 is 0 Å². The fraction of sp³-hybridized carbons (Fsp3) is 0.429. The van der Waals surface area contributed by atoms with E-state index in [1.54, 1.807) is 0 Å². The summed E-state index contributed by atoms with van der Waals surface area (Å²) in [6.07, 6.45) is -4.27. The number of methoxy groups -OCH3 is 1. The van der Waals surface area contributed by atoms with Crippen LogP contribution in [-0.2, 0) is 20.7 Å². The SMILES string of the molecule is COC(=O)Cc1ccccc1.O=C[C@@H](O)[C@H](O)[C@H](O)CO. The highest BCUT2D eigenvalue weighted by Crippen LogP contribution is 1.99. The summed E-state index contributed by atoms with van der Waals surface area (Å²) in [5, 5.41) is 34.1. The number of hydrogen-bond acceptors (Lipinski definition) is 7. The summed E-state index contributed by atoms with van der Waals surface area (Å²) in [5.74, 6) is -0.198. The third-order valence-corrected chi connectivity index (χ3v) is 2.49. The van der Waals surface area contributed by atoms with Gasteiger partial charge in [-0.2, -0.15) is 0 Å². The second-order valence-corrected chi connectivity index (χ2v) is 4.11. The summed E-state index contributed by atoms with van der Waals surface area (Å²) in [4.78, 5) is 20.5. The van der Waals surface area contributed by atoms with Crippen molar-refractivity contribution >= 4 is 12.3 Å². The molecule has 0 saturated heterocycles. The zero-order chi connectivity index (χ0) is 16.3. The summed E-state index contributed by atoms with van der Waals surface area (Å²) in [6, 6.07) is 9.52. The van der Waals surface area contributed by atoms with Gasteiger partial charge < -0.3 is 30.0 Å². The summed E-state index contributed by atoms with van der Waals surface area (Å²) >= 11 is 0. The van der Waals surface area contributed by atoms with Crippen LogP contribution in [0.5, 0.6) is 0 Å². The lowest BCUT2D eigenvalue weighted by atomic mass is 10.1. The van der Waals surface area contributed by atoms with E-state index in [0.717, 1.165) is 5.56 Å². The number of carbonyl (C=O) groups is 2. The van der Waals surface area contributed by atoms with Crippen LogP contribution in [-0.4, -0.2) is 64.7 Å². The van der Waals surface area contributed by atoms with Gasteiger partial charge in [-0.3, -0.25) is 4.79 Å². The third-order valence-electron chi connectivity index (χ3n) is 2.49. The Balaban J connectivity index is 0.000000384. The van der Waals surface area contributed by atoms with Gasteiger partial charge in [0.25, 0.3) is 0 Å². The first-order chi connectivity index (χ1) is 9.96. The summed E-state index contributed by atoms with van der Waals surface area (Å²) in [7, 11) is 1.39. The standard InChI is InChI=1S/C9H10O2.C5H10O5/c1-11-9(10)7-8-5-3-2-4-6-8;6-1-3(8)5(10)4(9)2-7/h2-6H,7H2,1H3;1,3-5,7-10H,2H2/t;3-,4-,5+/m.1/s1. The Labute approximate surface area is 122 Å². The third kappa shape index (κ3) is 8.16. The highest BCUT2D eigenvalue weighted by molar-refractivity contribution is 5.72. The normalized spacial score (nSPS) is 14.1. The molecule has 0 aromatic heterocycles. The van der Waals surface area contributed by atoms with Crippen LogP contribution in [0, 0.1) is 0 Å². The first kappa shape index (κ1) is 19.2. The number of esters is 1. The predicted molar refractivity (Wildman–Crippen MR) is 73.3 cm³/mol. The number of benzene rings is 1. The van der Waals surface area contributed by atoms with E-state index in [1.165, 1.54) is 7.11 Å². The van der Waals surface area contributed by atoms with E-state index in [1.807, 2.05) is 30.3 Å². The highest BCUT2D eigenvalue weighted by atomic mass is 16.5. The van der Waals surface area contributed by atoms with Crippen molar-refractivity contribution < 1.29 is 34.8 Å². The lowest BCUT2D eigenvalue weighted by Crippen LogP contribution is -2.40. The Kier molecular flexibility index (Phi) is 9.99. The molecule has 0 spiro atoms. The zero-order valence-corrected chi connectivity index (χ0v) is 11.6. The molecular formula is C14H20O7. The maximum Gasteiger partial charge on any atom is 0.309 e. The molecule has 0 radical (unpaired) electrons. The van der Waals surface area contributed by atoms with Crippen molar-refractivity contribution in [3.8, 4) is 0 Å². The van der Waals surface area contributed by atoms with Crippen LogP contribution < -0.4 is 0 Å². The minimum atomic E-state index is -1.64. The Hall–Kier alpha value is -1.80. The number of ether oxygens (including phenoxy) is 1. The Morgan fingerprint density at radius 3 is 2.24 bits per heavy atom. The highest BCUT2D eigenvalue weighted by Gasteiger charge is 2.22. The molecule has 1 aromatic rings. The van der Waals surface area contributed by atoms with Crippen LogP contribution in [0.2, 0.25) is 0 Å². The molecule has 118 valence electrons. The van der Waals surface area contributed by atoms with Gasteiger partial charge in [0.05, 0.1) is 20.1 Å². The van der Waals surface area contributed by atoms with Crippen molar-refractivity contribution in [2.45, 2.75) is 24.7 Å². The van der Waals surface area contributed by atoms with Crippen LogP contribution in [0.25, 0.3) is 0 Å². The van der Waals surface area contributed by atoms with Crippen LogP contribution in [0.3, 0.4) is 0 Å². The van der Waals surface area contributed by atoms with Crippen LogP contribution in [0.4, 0.5) is 0 Å². The Morgan fingerprint density at radius 1 is 1.24 bits per heavy atom. The van der Waals surface area contributed by atoms with Crippen LogP contribution in [0.15, 0.2) is 30.3 Å². The molecule has 3 atom stereocenters. The fourth-order valence-corrected chi connectivity index (χ4v) is 1.25. The van der Waals surface area contributed by atoms with Gasteiger partial charge in [-0.15, -0.1) is 0 Å². The zero-order valence-electron chi connectivity index (χ0n) is 11.6. The predicted octanol–water partition coefficient (Wildman–Crippen LogP) is -1.34. The smallest absolute Gasteiger partial charge is 0.309 e. The first-order valence-corrected chi connectivity index (χ1v) is 6.17. The van der Waals surface area contributed by atoms with E-state index in [2.05, 4.69) is 4.74 Å². The molecule has 0 aliphatic heterocycles. The molecule has 0 aliphatic rings. The second-order valence-electron chi connectivity index (χ2n) is 4.11. The topological polar surface area (TPSA) is 124 Å². The average molecular weight is 300 g/mol. The second kappa shape index (κ2) is 10.9. The van der Waals surface area contributed by atoms with Crippen molar-refractivity contribution in [2.75, 3.05) is 13.7 Å². The van der Waals surface area contributed by atoms with E-state index in [9.17, 15) is 9.59 Å². The monoisotopic (exact) mass is 300 g/mol. The molecule has 7 nitrogen and oxygen atoms in total. The van der Waals surface area contributed by atoms with Gasteiger partial charge in [0.15, 0.2) is 6.29 Å². The molecule has 0 fully saturated rings. The van der Waals surface area contributed by atoms with E-state index in [0.29, 0.717) is 6.42 Å². The maximum absolute atomic E-state index is 10.8. The fourth-order valence-electron chi connectivity index (χ4n) is 1.25.